The van der Waals surface area contributed by atoms with Crippen molar-refractivity contribution in [1.29, 1.82) is 5.26 Å². The number of nitrogens with one attached hydrogen (secondary N) is 2. The van der Waals surface area contributed by atoms with Crippen LogP contribution in [0.5, 0.6) is 0 Å². The van der Waals surface area contributed by atoms with E-state index in [1.165, 1.54) is 11.3 Å². The minimum absolute atomic E-state index is 0.279. The highest BCUT2D eigenvalue weighted by Gasteiger charge is 2.07. The van der Waals surface area contributed by atoms with Gasteiger partial charge in [0.25, 0.3) is 0 Å². The molecular formula is C9H13ClN4S. The van der Waals surface area contributed by atoms with Crippen molar-refractivity contribution in [1.82, 2.24) is 10.3 Å². The number of nitrogens with zero attached hydrogens (tertiary/aromatic N) is 2. The predicted molar refractivity (Wildman–Crippen MR) is 63.5 cm³/mol. The Labute approximate surface area is 98.3 Å². The number of rotatable bonds is 5. The quantitative estimate of drug-likeness (QED) is 0.779. The summed E-state index contributed by atoms with van der Waals surface area (Å²) in [6.45, 7) is 5.81. The number of halogens is 1. The van der Waals surface area contributed by atoms with Crippen molar-refractivity contribution in [3.05, 3.63) is 10.0 Å². The minimum Gasteiger partial charge on any atom is -0.360 e. The second-order valence-electron chi connectivity index (χ2n) is 3.29. The van der Waals surface area contributed by atoms with Crippen molar-refractivity contribution in [2.24, 2.45) is 0 Å². The summed E-state index contributed by atoms with van der Waals surface area (Å²) in [7, 11) is 0. The maximum absolute atomic E-state index is 8.67. The fraction of sp³-hybridized carbons (Fsp3) is 0.556. The number of aromatic nitrogens is 1. The van der Waals surface area contributed by atoms with Gasteiger partial charge in [-0.15, -0.1) is 0 Å². The summed E-state index contributed by atoms with van der Waals surface area (Å²) in [5, 5.41) is 16.0. The first-order valence-electron chi connectivity index (χ1n) is 4.67. The molecule has 0 saturated carbocycles. The highest BCUT2D eigenvalue weighted by Crippen LogP contribution is 2.25. The molecule has 4 nitrogen and oxygen atoms in total. The van der Waals surface area contributed by atoms with Crippen molar-refractivity contribution >= 4 is 28.1 Å². The van der Waals surface area contributed by atoms with Crippen molar-refractivity contribution < 1.29 is 0 Å². The molecule has 0 bridgehead atoms. The molecular weight excluding hydrogens is 232 g/mol. The van der Waals surface area contributed by atoms with Gasteiger partial charge in [0, 0.05) is 19.1 Å². The Hall–Kier alpha value is -0.830. The van der Waals surface area contributed by atoms with E-state index in [0.717, 1.165) is 13.1 Å². The van der Waals surface area contributed by atoms with Crippen LogP contribution in [-0.2, 0) is 0 Å². The molecule has 1 heterocycles. The third-order valence-corrected chi connectivity index (χ3v) is 2.94. The van der Waals surface area contributed by atoms with E-state index in [-0.39, 0.29) is 5.15 Å². The van der Waals surface area contributed by atoms with Crippen molar-refractivity contribution in [2.45, 2.75) is 19.9 Å². The van der Waals surface area contributed by atoms with Crippen molar-refractivity contribution in [3.8, 4) is 6.07 Å². The zero-order valence-electron chi connectivity index (χ0n) is 8.67. The van der Waals surface area contributed by atoms with E-state index in [4.69, 9.17) is 16.9 Å². The van der Waals surface area contributed by atoms with E-state index in [1.807, 2.05) is 6.07 Å². The summed E-state index contributed by atoms with van der Waals surface area (Å²) in [4.78, 5) is 4.48. The highest BCUT2D eigenvalue weighted by atomic mass is 35.5. The first-order valence-corrected chi connectivity index (χ1v) is 5.86. The van der Waals surface area contributed by atoms with Crippen LogP contribution in [-0.4, -0.2) is 24.1 Å². The molecule has 0 aromatic carbocycles. The standard InChI is InChI=1S/C9H13ClN4S/c1-6(2)12-3-4-13-9-14-8(10)7(5-11)15-9/h6,12H,3-4H2,1-2H3,(H,13,14). The lowest BCUT2D eigenvalue weighted by atomic mass is 10.4. The maximum Gasteiger partial charge on any atom is 0.185 e. The number of hydrogen-bond donors (Lipinski definition) is 2. The molecule has 0 fully saturated rings. The topological polar surface area (TPSA) is 60.7 Å². The molecule has 15 heavy (non-hydrogen) atoms. The third kappa shape index (κ3) is 4.04. The molecule has 0 amide bonds. The van der Waals surface area contributed by atoms with E-state index in [0.29, 0.717) is 16.1 Å². The van der Waals surface area contributed by atoms with Crippen molar-refractivity contribution in [2.75, 3.05) is 18.4 Å². The van der Waals surface area contributed by atoms with E-state index in [2.05, 4.69) is 29.5 Å². The lowest BCUT2D eigenvalue weighted by Crippen LogP contribution is -2.28. The van der Waals surface area contributed by atoms with Crippen LogP contribution in [0.2, 0.25) is 5.15 Å². The lowest BCUT2D eigenvalue weighted by Gasteiger charge is -2.07. The smallest absolute Gasteiger partial charge is 0.185 e. The zero-order valence-corrected chi connectivity index (χ0v) is 10.2. The van der Waals surface area contributed by atoms with Crippen LogP contribution < -0.4 is 10.6 Å². The van der Waals surface area contributed by atoms with Crippen LogP contribution in [0.3, 0.4) is 0 Å². The largest absolute Gasteiger partial charge is 0.360 e. The second kappa shape index (κ2) is 5.91. The molecule has 1 aromatic heterocycles. The van der Waals surface area contributed by atoms with Crippen LogP contribution in [0.15, 0.2) is 0 Å². The van der Waals surface area contributed by atoms with Gasteiger partial charge in [-0.2, -0.15) is 5.26 Å². The molecule has 82 valence electrons. The van der Waals surface area contributed by atoms with Gasteiger partial charge in [-0.05, 0) is 0 Å². The zero-order chi connectivity index (χ0) is 11.3. The van der Waals surface area contributed by atoms with Crippen LogP contribution in [0.25, 0.3) is 0 Å². The maximum atomic E-state index is 8.67. The monoisotopic (exact) mass is 244 g/mol. The first-order chi connectivity index (χ1) is 7.13. The van der Waals surface area contributed by atoms with E-state index < -0.39 is 0 Å². The van der Waals surface area contributed by atoms with Gasteiger partial charge in [-0.3, -0.25) is 0 Å². The number of nitriles is 1. The normalized spacial score (nSPS) is 10.3. The fourth-order valence-corrected chi connectivity index (χ4v) is 1.95. The van der Waals surface area contributed by atoms with Gasteiger partial charge in [0.1, 0.15) is 10.9 Å². The molecule has 0 radical (unpaired) electrons. The molecule has 2 N–H and O–H groups in total. The molecule has 0 unspecified atom stereocenters. The highest BCUT2D eigenvalue weighted by molar-refractivity contribution is 7.16. The Morgan fingerprint density at radius 3 is 2.80 bits per heavy atom. The Balaban J connectivity index is 2.35. The van der Waals surface area contributed by atoms with Crippen LogP contribution >= 0.6 is 22.9 Å². The number of anilines is 1. The van der Waals surface area contributed by atoms with Gasteiger partial charge in [0.15, 0.2) is 10.3 Å². The molecule has 0 saturated heterocycles. The predicted octanol–water partition coefficient (Wildman–Crippen LogP) is 2.08. The van der Waals surface area contributed by atoms with Crippen LogP contribution in [0, 0.1) is 11.3 Å². The Morgan fingerprint density at radius 2 is 2.27 bits per heavy atom. The molecule has 0 aliphatic rings. The SMILES string of the molecule is CC(C)NCCNc1nc(Cl)c(C#N)s1. The number of hydrogen-bond acceptors (Lipinski definition) is 5. The number of thiazole rings is 1. The minimum atomic E-state index is 0.279. The van der Waals surface area contributed by atoms with Crippen LogP contribution in [0.4, 0.5) is 5.13 Å². The average Bonchev–Trinajstić information content (AvgIpc) is 2.53. The van der Waals surface area contributed by atoms with Gasteiger partial charge < -0.3 is 10.6 Å². The molecule has 0 atom stereocenters. The van der Waals surface area contributed by atoms with Crippen LogP contribution in [0.1, 0.15) is 18.7 Å². The van der Waals surface area contributed by atoms with Gasteiger partial charge in [0.2, 0.25) is 0 Å². The summed E-state index contributed by atoms with van der Waals surface area (Å²) in [6, 6.07) is 2.47. The molecule has 0 aliphatic heterocycles. The lowest BCUT2D eigenvalue weighted by molar-refractivity contribution is 0.602. The molecule has 6 heteroatoms. The summed E-state index contributed by atoms with van der Waals surface area (Å²) in [6.07, 6.45) is 0. The summed E-state index contributed by atoms with van der Waals surface area (Å²) in [5.41, 5.74) is 0. The third-order valence-electron chi connectivity index (χ3n) is 1.64. The van der Waals surface area contributed by atoms with Crippen molar-refractivity contribution in [3.63, 3.8) is 0 Å². The van der Waals surface area contributed by atoms with Gasteiger partial charge >= 0.3 is 0 Å². The van der Waals surface area contributed by atoms with Gasteiger partial charge in [0.05, 0.1) is 0 Å². The van der Waals surface area contributed by atoms with Gasteiger partial charge in [-0.25, -0.2) is 4.98 Å². The van der Waals surface area contributed by atoms with E-state index in [9.17, 15) is 0 Å². The molecule has 0 spiro atoms. The Morgan fingerprint density at radius 1 is 1.53 bits per heavy atom. The first kappa shape index (κ1) is 12.2. The molecule has 1 rings (SSSR count). The summed E-state index contributed by atoms with van der Waals surface area (Å²) >= 11 is 7.00. The van der Waals surface area contributed by atoms with E-state index >= 15 is 0 Å². The molecule has 0 aliphatic carbocycles. The van der Waals surface area contributed by atoms with Gasteiger partial charge in [-0.1, -0.05) is 36.8 Å². The Bertz CT molecular complexity index is 355. The second-order valence-corrected chi connectivity index (χ2v) is 4.64. The Kier molecular flexibility index (Phi) is 4.82. The average molecular weight is 245 g/mol. The van der Waals surface area contributed by atoms with E-state index in [1.54, 1.807) is 0 Å². The molecule has 1 aromatic rings. The summed E-state index contributed by atoms with van der Waals surface area (Å²) < 4.78 is 0. The summed E-state index contributed by atoms with van der Waals surface area (Å²) in [5.74, 6) is 0. The fourth-order valence-electron chi connectivity index (χ4n) is 0.976.